The van der Waals surface area contributed by atoms with Crippen molar-refractivity contribution in [2.45, 2.75) is 26.4 Å². The van der Waals surface area contributed by atoms with Gasteiger partial charge in [-0.25, -0.2) is 4.98 Å². The summed E-state index contributed by atoms with van der Waals surface area (Å²) in [4.78, 5) is 22.0. The van der Waals surface area contributed by atoms with Gasteiger partial charge in [0, 0.05) is 52.1 Å². The number of ether oxygens (including phenoxy) is 1. The topological polar surface area (TPSA) is 78.8 Å². The van der Waals surface area contributed by atoms with Gasteiger partial charge in [0.2, 0.25) is 5.88 Å². The average Bonchev–Trinajstić information content (AvgIpc) is 2.73. The van der Waals surface area contributed by atoms with Crippen molar-refractivity contribution in [1.29, 1.82) is 0 Å². The standard InChI is InChI=1S/C21H29N5O2/c1-5-12-28-19-11-8-17(14-23-19)15-25-21(22-2)24-13-16-6-9-18(10-7-16)20(27)26(3)4/h6-11,14H,5,12-13,15H2,1-4H3,(H2,22,24,25). The quantitative estimate of drug-likeness (QED) is 0.541. The first-order valence-electron chi connectivity index (χ1n) is 9.36. The Morgan fingerprint density at radius 2 is 1.71 bits per heavy atom. The molecule has 28 heavy (non-hydrogen) atoms. The molecule has 0 unspecified atom stereocenters. The summed E-state index contributed by atoms with van der Waals surface area (Å²) in [5, 5.41) is 6.53. The van der Waals surface area contributed by atoms with Gasteiger partial charge in [-0.3, -0.25) is 9.79 Å². The summed E-state index contributed by atoms with van der Waals surface area (Å²) in [5.74, 6) is 1.33. The molecule has 0 fully saturated rings. The molecule has 1 amide bonds. The van der Waals surface area contributed by atoms with E-state index in [1.54, 1.807) is 32.2 Å². The van der Waals surface area contributed by atoms with E-state index in [0.29, 0.717) is 37.1 Å². The number of guanidine groups is 1. The van der Waals surface area contributed by atoms with Gasteiger partial charge < -0.3 is 20.3 Å². The Hall–Kier alpha value is -3.09. The molecule has 0 aliphatic carbocycles. The Labute approximate surface area is 166 Å². The summed E-state index contributed by atoms with van der Waals surface area (Å²) in [6.07, 6.45) is 2.76. The zero-order chi connectivity index (χ0) is 20.4. The molecule has 150 valence electrons. The minimum atomic E-state index is -0.00305. The molecule has 7 nitrogen and oxygen atoms in total. The van der Waals surface area contributed by atoms with Gasteiger partial charge in [0.05, 0.1) is 6.61 Å². The van der Waals surface area contributed by atoms with E-state index in [1.807, 2.05) is 36.4 Å². The van der Waals surface area contributed by atoms with Crippen molar-refractivity contribution in [2.75, 3.05) is 27.7 Å². The largest absolute Gasteiger partial charge is 0.478 e. The molecular weight excluding hydrogens is 354 g/mol. The predicted molar refractivity (Wildman–Crippen MR) is 112 cm³/mol. The zero-order valence-corrected chi connectivity index (χ0v) is 17.0. The molecule has 7 heteroatoms. The van der Waals surface area contributed by atoms with Crippen molar-refractivity contribution in [3.63, 3.8) is 0 Å². The van der Waals surface area contributed by atoms with Crippen LogP contribution in [0.15, 0.2) is 47.6 Å². The molecule has 0 spiro atoms. The maximum Gasteiger partial charge on any atom is 0.253 e. The lowest BCUT2D eigenvalue weighted by atomic mass is 10.1. The third kappa shape index (κ3) is 6.57. The van der Waals surface area contributed by atoms with Gasteiger partial charge in [-0.05, 0) is 29.7 Å². The maximum absolute atomic E-state index is 11.9. The lowest BCUT2D eigenvalue weighted by Crippen LogP contribution is -2.36. The van der Waals surface area contributed by atoms with Gasteiger partial charge in [0.1, 0.15) is 0 Å². The van der Waals surface area contributed by atoms with Crippen molar-refractivity contribution in [2.24, 2.45) is 4.99 Å². The minimum absolute atomic E-state index is 0.00305. The number of benzene rings is 1. The molecular formula is C21H29N5O2. The minimum Gasteiger partial charge on any atom is -0.478 e. The molecule has 0 saturated heterocycles. The summed E-state index contributed by atoms with van der Waals surface area (Å²) in [6, 6.07) is 11.4. The Morgan fingerprint density at radius 3 is 2.25 bits per heavy atom. The lowest BCUT2D eigenvalue weighted by Gasteiger charge is -2.13. The van der Waals surface area contributed by atoms with Crippen LogP contribution in [0, 0.1) is 0 Å². The van der Waals surface area contributed by atoms with Gasteiger partial charge in [-0.2, -0.15) is 0 Å². The highest BCUT2D eigenvalue weighted by Gasteiger charge is 2.07. The maximum atomic E-state index is 11.9. The fourth-order valence-electron chi connectivity index (χ4n) is 2.42. The van der Waals surface area contributed by atoms with Crippen LogP contribution in [0.2, 0.25) is 0 Å². The summed E-state index contributed by atoms with van der Waals surface area (Å²) in [7, 11) is 5.22. The molecule has 0 bridgehead atoms. The number of aromatic nitrogens is 1. The molecule has 0 saturated carbocycles. The SMILES string of the molecule is CCCOc1ccc(CNC(=NC)NCc2ccc(C(=O)N(C)C)cc2)cn1. The molecule has 2 aromatic rings. The Balaban J connectivity index is 1.82. The second-order valence-electron chi connectivity index (χ2n) is 6.53. The first-order valence-corrected chi connectivity index (χ1v) is 9.36. The number of carbonyl (C=O) groups is 1. The summed E-state index contributed by atoms with van der Waals surface area (Å²) in [6.45, 7) is 3.95. The van der Waals surface area contributed by atoms with Gasteiger partial charge >= 0.3 is 0 Å². The molecule has 2 N–H and O–H groups in total. The van der Waals surface area contributed by atoms with Crippen molar-refractivity contribution < 1.29 is 9.53 Å². The van der Waals surface area contributed by atoms with E-state index in [2.05, 4.69) is 27.5 Å². The second kappa shape index (κ2) is 10.9. The lowest BCUT2D eigenvalue weighted by molar-refractivity contribution is 0.0827. The summed E-state index contributed by atoms with van der Waals surface area (Å²) < 4.78 is 5.49. The fraction of sp³-hybridized carbons (Fsp3) is 0.381. The monoisotopic (exact) mass is 383 g/mol. The summed E-state index contributed by atoms with van der Waals surface area (Å²) in [5.41, 5.74) is 2.78. The van der Waals surface area contributed by atoms with Gasteiger partial charge in [-0.1, -0.05) is 25.1 Å². The van der Waals surface area contributed by atoms with E-state index in [9.17, 15) is 4.79 Å². The van der Waals surface area contributed by atoms with Gasteiger partial charge in [0.25, 0.3) is 5.91 Å². The molecule has 1 heterocycles. The zero-order valence-electron chi connectivity index (χ0n) is 17.0. The van der Waals surface area contributed by atoms with Crippen LogP contribution in [0.5, 0.6) is 5.88 Å². The molecule has 0 aliphatic heterocycles. The van der Waals surface area contributed by atoms with E-state index in [0.717, 1.165) is 17.5 Å². The van der Waals surface area contributed by atoms with E-state index in [1.165, 1.54) is 0 Å². The van der Waals surface area contributed by atoms with Gasteiger partial charge in [-0.15, -0.1) is 0 Å². The molecule has 1 aromatic heterocycles. The smallest absolute Gasteiger partial charge is 0.253 e. The van der Waals surface area contributed by atoms with Crippen LogP contribution in [0.3, 0.4) is 0 Å². The molecule has 1 aromatic carbocycles. The van der Waals surface area contributed by atoms with E-state index < -0.39 is 0 Å². The van der Waals surface area contributed by atoms with Crippen LogP contribution in [-0.2, 0) is 13.1 Å². The predicted octanol–water partition coefficient (Wildman–Crippen LogP) is 2.44. The highest BCUT2D eigenvalue weighted by molar-refractivity contribution is 5.93. The third-order valence-electron chi connectivity index (χ3n) is 4.00. The number of carbonyl (C=O) groups excluding carboxylic acids is 1. The number of amides is 1. The van der Waals surface area contributed by atoms with Crippen LogP contribution >= 0.6 is 0 Å². The first kappa shape index (κ1) is 21.2. The highest BCUT2D eigenvalue weighted by atomic mass is 16.5. The average molecular weight is 383 g/mol. The van der Waals surface area contributed by atoms with Crippen molar-refractivity contribution in [3.8, 4) is 5.88 Å². The number of aliphatic imine (C=N–C) groups is 1. The van der Waals surface area contributed by atoms with Crippen molar-refractivity contribution >= 4 is 11.9 Å². The summed E-state index contributed by atoms with van der Waals surface area (Å²) >= 11 is 0. The molecule has 2 rings (SSSR count). The van der Waals surface area contributed by atoms with Crippen molar-refractivity contribution in [3.05, 3.63) is 59.3 Å². The van der Waals surface area contributed by atoms with Crippen molar-refractivity contribution in [1.82, 2.24) is 20.5 Å². The van der Waals surface area contributed by atoms with Crippen LogP contribution in [0.4, 0.5) is 0 Å². The Kier molecular flexibility index (Phi) is 8.27. The first-order chi connectivity index (χ1) is 13.5. The van der Waals surface area contributed by atoms with E-state index >= 15 is 0 Å². The van der Waals surface area contributed by atoms with E-state index in [-0.39, 0.29) is 5.91 Å². The molecule has 0 aliphatic rings. The fourth-order valence-corrected chi connectivity index (χ4v) is 2.42. The Morgan fingerprint density at radius 1 is 1.07 bits per heavy atom. The van der Waals surface area contributed by atoms with E-state index in [4.69, 9.17) is 4.74 Å². The van der Waals surface area contributed by atoms with Crippen LogP contribution < -0.4 is 15.4 Å². The van der Waals surface area contributed by atoms with Crippen LogP contribution in [0.25, 0.3) is 0 Å². The number of nitrogens with zero attached hydrogens (tertiary/aromatic N) is 3. The third-order valence-corrected chi connectivity index (χ3v) is 4.00. The molecule has 0 atom stereocenters. The molecule has 0 radical (unpaired) electrons. The number of pyridine rings is 1. The second-order valence-corrected chi connectivity index (χ2v) is 6.53. The number of rotatable bonds is 8. The highest BCUT2D eigenvalue weighted by Crippen LogP contribution is 2.08. The Bertz CT molecular complexity index is 770. The van der Waals surface area contributed by atoms with Gasteiger partial charge in [0.15, 0.2) is 5.96 Å². The number of hydrogen-bond acceptors (Lipinski definition) is 4. The van der Waals surface area contributed by atoms with Crippen LogP contribution in [-0.4, -0.2) is 49.5 Å². The number of hydrogen-bond donors (Lipinski definition) is 2. The number of nitrogens with one attached hydrogen (secondary N) is 2. The van der Waals surface area contributed by atoms with Crippen LogP contribution in [0.1, 0.15) is 34.8 Å². The normalized spacial score (nSPS) is 11.1.